The number of fused-ring (bicyclic) bond motifs is 1. The molecule has 0 unspecified atom stereocenters. The Hall–Kier alpha value is -7.09. The normalized spacial score (nSPS) is 14.5. The van der Waals surface area contributed by atoms with Crippen LogP contribution in [0, 0.1) is 5.92 Å². The number of pyridine rings is 1. The maximum absolute atomic E-state index is 13.9. The van der Waals surface area contributed by atoms with E-state index in [4.69, 9.17) is 9.47 Å². The number of likely N-dealkylation sites (tertiary alicyclic amines) is 1. The van der Waals surface area contributed by atoms with E-state index in [9.17, 15) is 29.7 Å². The molecule has 1 aliphatic rings. The molecule has 0 spiro atoms. The summed E-state index contributed by atoms with van der Waals surface area (Å²) in [7, 11) is 0. The van der Waals surface area contributed by atoms with Crippen molar-refractivity contribution in [3.63, 3.8) is 0 Å². The fraction of sp³-hybridized carbons (Fsp3) is 0.255. The molecule has 1 aliphatic heterocycles. The van der Waals surface area contributed by atoms with Gasteiger partial charge in [-0.3, -0.25) is 14.5 Å². The third-order valence-electron chi connectivity index (χ3n) is 12.4. The van der Waals surface area contributed by atoms with Gasteiger partial charge in [-0.2, -0.15) is 0 Å². The Labute approximate surface area is 389 Å². The molecule has 12 nitrogen and oxygen atoms in total. The number of nitrogens with one attached hydrogen (secondary N) is 3. The molecule has 12 heteroatoms. The lowest BCUT2D eigenvalue weighted by atomic mass is 9.86. The minimum Gasteiger partial charge on any atom is -0.506 e. The standard InChI is InChI=1S/C55H56N4O8/c60-49-24-22-47(48-23-25-51(62)58-52(48)49)50(61)34-56-29-26-38-18-20-43(21-19-38)53(63)57-33-39-14-16-41(17-15-39)36-66-46-13-7-12-45(32-46)55(65,44-10-5-2-6-11-44)54(64)67-37-42-27-30-59(31-28-42)35-40-8-3-1-4-9-40/h1-25,32,42,50,56,60-61,65H,26-31,33-37H2,(H,57,63)(H,58,62)/t50-,55-/m0/s1. The molecule has 0 saturated carbocycles. The summed E-state index contributed by atoms with van der Waals surface area (Å²) in [5.74, 6) is -0.269. The third-order valence-corrected chi connectivity index (χ3v) is 12.4. The molecular formula is C55H56N4O8. The van der Waals surface area contributed by atoms with Gasteiger partial charge in [0.15, 0.2) is 0 Å². The van der Waals surface area contributed by atoms with Crippen molar-refractivity contribution in [2.45, 2.75) is 50.7 Å². The number of phenols is 1. The zero-order valence-electron chi connectivity index (χ0n) is 37.3. The number of amides is 1. The van der Waals surface area contributed by atoms with E-state index in [1.807, 2.05) is 48.5 Å². The molecule has 6 N–H and O–H groups in total. The first-order valence-electron chi connectivity index (χ1n) is 22.8. The smallest absolute Gasteiger partial charge is 0.347 e. The fourth-order valence-electron chi connectivity index (χ4n) is 8.50. The number of piperidine rings is 1. The highest BCUT2D eigenvalue weighted by Gasteiger charge is 2.42. The summed E-state index contributed by atoms with van der Waals surface area (Å²) in [6.07, 6.45) is 1.65. The van der Waals surface area contributed by atoms with E-state index in [-0.39, 0.29) is 42.9 Å². The van der Waals surface area contributed by atoms with Crippen LogP contribution in [-0.4, -0.2) is 69.9 Å². The summed E-state index contributed by atoms with van der Waals surface area (Å²) in [6.45, 7) is 4.42. The van der Waals surface area contributed by atoms with Crippen LogP contribution in [0.3, 0.4) is 0 Å². The zero-order chi connectivity index (χ0) is 46.6. The van der Waals surface area contributed by atoms with E-state index in [1.165, 1.54) is 17.7 Å². The zero-order valence-corrected chi connectivity index (χ0v) is 37.3. The average Bonchev–Trinajstić information content (AvgIpc) is 3.37. The number of aromatic amines is 1. The first-order valence-corrected chi connectivity index (χ1v) is 22.8. The summed E-state index contributed by atoms with van der Waals surface area (Å²) in [5, 5.41) is 40.0. The second-order valence-corrected chi connectivity index (χ2v) is 17.1. The third kappa shape index (κ3) is 11.8. The van der Waals surface area contributed by atoms with E-state index < -0.39 is 17.7 Å². The van der Waals surface area contributed by atoms with Crippen LogP contribution in [-0.2, 0) is 41.2 Å². The van der Waals surface area contributed by atoms with Gasteiger partial charge in [0.05, 0.1) is 18.2 Å². The van der Waals surface area contributed by atoms with Crippen LogP contribution >= 0.6 is 0 Å². The number of esters is 1. The second kappa shape index (κ2) is 21.9. The molecule has 1 amide bonds. The molecule has 6 aromatic carbocycles. The number of nitrogens with zero attached hydrogens (tertiary/aromatic N) is 1. The lowest BCUT2D eigenvalue weighted by Crippen LogP contribution is -2.40. The van der Waals surface area contributed by atoms with Gasteiger partial charge in [0.2, 0.25) is 11.2 Å². The number of aliphatic hydroxyl groups excluding tert-OH is 1. The summed E-state index contributed by atoms with van der Waals surface area (Å²) >= 11 is 0. The van der Waals surface area contributed by atoms with E-state index >= 15 is 0 Å². The fourth-order valence-corrected chi connectivity index (χ4v) is 8.50. The maximum atomic E-state index is 13.9. The van der Waals surface area contributed by atoms with Gasteiger partial charge >= 0.3 is 5.97 Å². The Morgan fingerprint density at radius 2 is 1.45 bits per heavy atom. The Morgan fingerprint density at radius 3 is 2.19 bits per heavy atom. The van der Waals surface area contributed by atoms with Crippen molar-refractivity contribution >= 4 is 22.8 Å². The van der Waals surface area contributed by atoms with Gasteiger partial charge in [-0.15, -0.1) is 0 Å². The van der Waals surface area contributed by atoms with Gasteiger partial charge in [-0.05, 0) is 115 Å². The van der Waals surface area contributed by atoms with Crippen LogP contribution in [0.15, 0.2) is 163 Å². The number of aromatic nitrogens is 1. The highest BCUT2D eigenvalue weighted by atomic mass is 16.5. The van der Waals surface area contributed by atoms with Crippen molar-refractivity contribution in [1.82, 2.24) is 20.5 Å². The first kappa shape index (κ1) is 46.4. The largest absolute Gasteiger partial charge is 0.506 e. The maximum Gasteiger partial charge on any atom is 0.347 e. The van der Waals surface area contributed by atoms with Gasteiger partial charge in [0.1, 0.15) is 18.1 Å². The van der Waals surface area contributed by atoms with Crippen LogP contribution in [0.25, 0.3) is 10.9 Å². The minimum absolute atomic E-state index is 0.0549. The van der Waals surface area contributed by atoms with Crippen molar-refractivity contribution < 1.29 is 34.4 Å². The molecule has 0 radical (unpaired) electrons. The van der Waals surface area contributed by atoms with Crippen LogP contribution < -0.4 is 20.9 Å². The number of hydrogen-bond donors (Lipinski definition) is 6. The number of carbonyl (C=O) groups is 2. The summed E-state index contributed by atoms with van der Waals surface area (Å²) in [4.78, 5) is 43.7. The monoisotopic (exact) mass is 900 g/mol. The van der Waals surface area contributed by atoms with Crippen molar-refractivity contribution in [2.24, 2.45) is 5.92 Å². The van der Waals surface area contributed by atoms with E-state index in [2.05, 4.69) is 44.8 Å². The number of phenolic OH excluding ortho intramolecular Hbond substituents is 1. The SMILES string of the molecule is O=C(NCc1ccc(COc2cccc([C@](O)(C(=O)OCC3CCN(Cc4ccccc4)CC3)c3ccccc3)c2)cc1)c1ccc(CCNC[C@H](O)c2ccc(O)c3[nH]c(=O)ccc23)cc1. The average molecular weight is 901 g/mol. The van der Waals surface area contributed by atoms with Gasteiger partial charge in [0.25, 0.3) is 5.91 Å². The van der Waals surface area contributed by atoms with Crippen LogP contribution in [0.1, 0.15) is 68.2 Å². The highest BCUT2D eigenvalue weighted by molar-refractivity contribution is 5.94. The quantitative estimate of drug-likeness (QED) is 0.0357. The molecule has 1 fully saturated rings. The molecule has 0 aliphatic carbocycles. The lowest BCUT2D eigenvalue weighted by Gasteiger charge is -2.33. The predicted molar refractivity (Wildman–Crippen MR) is 257 cm³/mol. The second-order valence-electron chi connectivity index (χ2n) is 17.1. The van der Waals surface area contributed by atoms with Gasteiger partial charge in [0, 0.05) is 42.2 Å². The Morgan fingerprint density at radius 1 is 0.761 bits per heavy atom. The van der Waals surface area contributed by atoms with Gasteiger partial charge in [-0.25, -0.2) is 4.79 Å². The molecule has 1 aromatic heterocycles. The molecule has 2 atom stereocenters. The van der Waals surface area contributed by atoms with Crippen molar-refractivity contribution in [1.29, 1.82) is 0 Å². The van der Waals surface area contributed by atoms with Crippen LogP contribution in [0.5, 0.6) is 11.5 Å². The molecule has 0 bridgehead atoms. The van der Waals surface area contributed by atoms with Gasteiger partial charge < -0.3 is 40.4 Å². The molecule has 1 saturated heterocycles. The Balaban J connectivity index is 0.785. The number of rotatable bonds is 19. The van der Waals surface area contributed by atoms with E-state index in [0.29, 0.717) is 58.4 Å². The molecular weight excluding hydrogens is 845 g/mol. The summed E-state index contributed by atoms with van der Waals surface area (Å²) < 4.78 is 12.1. The van der Waals surface area contributed by atoms with Crippen molar-refractivity contribution in [3.8, 4) is 11.5 Å². The predicted octanol–water partition coefficient (Wildman–Crippen LogP) is 7.30. The molecule has 2 heterocycles. The number of benzene rings is 6. The number of carbonyl (C=O) groups excluding carboxylic acids is 2. The minimum atomic E-state index is -2.04. The molecule has 7 aromatic rings. The van der Waals surface area contributed by atoms with E-state index in [1.54, 1.807) is 72.8 Å². The number of aliphatic hydroxyl groups is 2. The molecule has 67 heavy (non-hydrogen) atoms. The molecule has 344 valence electrons. The first-order chi connectivity index (χ1) is 32.6. The lowest BCUT2D eigenvalue weighted by molar-refractivity contribution is -0.164. The van der Waals surface area contributed by atoms with Crippen molar-refractivity contribution in [2.75, 3.05) is 32.8 Å². The Bertz CT molecular complexity index is 2790. The van der Waals surface area contributed by atoms with E-state index in [0.717, 1.165) is 49.2 Å². The van der Waals surface area contributed by atoms with Crippen LogP contribution in [0.4, 0.5) is 0 Å². The number of hydrogen-bond acceptors (Lipinski definition) is 10. The van der Waals surface area contributed by atoms with Gasteiger partial charge in [-0.1, -0.05) is 115 Å². The van der Waals surface area contributed by atoms with Crippen LogP contribution in [0.2, 0.25) is 0 Å². The van der Waals surface area contributed by atoms with Crippen molar-refractivity contribution in [3.05, 3.63) is 213 Å². The summed E-state index contributed by atoms with van der Waals surface area (Å²) in [5.41, 5.74) is 3.97. The Kier molecular flexibility index (Phi) is 15.2. The number of aromatic hydroxyl groups is 1. The topological polar surface area (TPSA) is 173 Å². The number of ether oxygens (including phenoxy) is 2. The molecule has 8 rings (SSSR count). The number of H-pyrrole nitrogens is 1. The summed E-state index contributed by atoms with van der Waals surface area (Å²) in [6, 6.07) is 47.4. The highest BCUT2D eigenvalue weighted by Crippen LogP contribution is 2.34.